The van der Waals surface area contributed by atoms with Gasteiger partial charge in [0.05, 0.1) is 12.1 Å². The maximum atomic E-state index is 12.8. The minimum Gasteiger partial charge on any atom is -0.473 e. The Morgan fingerprint density at radius 3 is 2.85 bits per heavy atom. The van der Waals surface area contributed by atoms with Gasteiger partial charge in [0.25, 0.3) is 10.0 Å². The van der Waals surface area contributed by atoms with Crippen LogP contribution in [0.4, 0.5) is 0 Å². The molecule has 0 radical (unpaired) electrons. The number of rotatable bonds is 5. The van der Waals surface area contributed by atoms with E-state index in [0.29, 0.717) is 29.6 Å². The lowest BCUT2D eigenvalue weighted by molar-refractivity contribution is 0.207. The SMILES string of the molecule is CCc1ccc(S(=O)(=O)N2CCC(Oc3ccc4ccccc4n3)C2)s1. The van der Waals surface area contributed by atoms with Crippen LogP contribution in [0.25, 0.3) is 10.9 Å². The summed E-state index contributed by atoms with van der Waals surface area (Å²) in [6.07, 6.45) is 1.34. The van der Waals surface area contributed by atoms with Crippen LogP contribution in [0.3, 0.4) is 0 Å². The van der Waals surface area contributed by atoms with Gasteiger partial charge in [0.2, 0.25) is 5.88 Å². The van der Waals surface area contributed by atoms with Crippen molar-refractivity contribution in [2.24, 2.45) is 0 Å². The third-order valence-corrected chi connectivity index (χ3v) is 8.11. The molecule has 1 saturated heterocycles. The van der Waals surface area contributed by atoms with Crippen LogP contribution < -0.4 is 4.74 Å². The van der Waals surface area contributed by atoms with E-state index in [-0.39, 0.29) is 6.10 Å². The fourth-order valence-corrected chi connectivity index (χ4v) is 6.05. The summed E-state index contributed by atoms with van der Waals surface area (Å²) in [5.41, 5.74) is 0.873. The van der Waals surface area contributed by atoms with Gasteiger partial charge in [0, 0.05) is 22.9 Å². The molecule has 1 aromatic carbocycles. The van der Waals surface area contributed by atoms with Crippen LogP contribution in [0.15, 0.2) is 52.7 Å². The van der Waals surface area contributed by atoms with Crippen LogP contribution in [0.1, 0.15) is 18.2 Å². The summed E-state index contributed by atoms with van der Waals surface area (Å²) in [6.45, 7) is 2.86. The number of hydrogen-bond acceptors (Lipinski definition) is 5. The lowest BCUT2D eigenvalue weighted by Gasteiger charge is -2.16. The number of aromatic nitrogens is 1. The molecule has 1 unspecified atom stereocenters. The van der Waals surface area contributed by atoms with E-state index in [1.807, 2.05) is 49.4 Å². The topological polar surface area (TPSA) is 59.5 Å². The number of sulfonamides is 1. The highest BCUT2D eigenvalue weighted by Gasteiger charge is 2.34. The van der Waals surface area contributed by atoms with Crippen molar-refractivity contribution < 1.29 is 13.2 Å². The van der Waals surface area contributed by atoms with Gasteiger partial charge >= 0.3 is 0 Å². The van der Waals surface area contributed by atoms with Gasteiger partial charge in [-0.2, -0.15) is 4.31 Å². The van der Waals surface area contributed by atoms with Crippen molar-refractivity contribution >= 4 is 32.3 Å². The Balaban J connectivity index is 1.47. The number of para-hydroxylation sites is 1. The van der Waals surface area contributed by atoms with E-state index >= 15 is 0 Å². The number of fused-ring (bicyclic) bond motifs is 1. The zero-order valence-corrected chi connectivity index (χ0v) is 16.1. The van der Waals surface area contributed by atoms with E-state index in [9.17, 15) is 8.42 Å². The second-order valence-electron chi connectivity index (χ2n) is 6.31. The molecule has 3 heterocycles. The molecule has 0 bridgehead atoms. The molecule has 0 saturated carbocycles. The number of hydrogen-bond donors (Lipinski definition) is 0. The summed E-state index contributed by atoms with van der Waals surface area (Å²) in [5.74, 6) is 0.539. The number of ether oxygens (including phenoxy) is 1. The van der Waals surface area contributed by atoms with Crippen molar-refractivity contribution in [1.82, 2.24) is 9.29 Å². The Bertz CT molecular complexity index is 1030. The van der Waals surface area contributed by atoms with Gasteiger partial charge < -0.3 is 4.74 Å². The van der Waals surface area contributed by atoms with Crippen molar-refractivity contribution in [3.63, 3.8) is 0 Å². The van der Waals surface area contributed by atoms with Gasteiger partial charge in [-0.15, -0.1) is 11.3 Å². The van der Waals surface area contributed by atoms with Gasteiger partial charge in [-0.25, -0.2) is 13.4 Å². The van der Waals surface area contributed by atoms with Gasteiger partial charge in [-0.3, -0.25) is 0 Å². The zero-order valence-electron chi connectivity index (χ0n) is 14.5. The van der Waals surface area contributed by atoms with Crippen molar-refractivity contribution in [3.8, 4) is 5.88 Å². The standard InChI is InChI=1S/C19H20N2O3S2/c1-2-16-8-10-19(25-16)26(22,23)21-12-11-15(13-21)24-18-9-7-14-5-3-4-6-17(14)20-18/h3-10,15H,2,11-13H2,1H3. The molecule has 5 nitrogen and oxygen atoms in total. The third kappa shape index (κ3) is 3.34. The summed E-state index contributed by atoms with van der Waals surface area (Å²) in [5, 5.41) is 1.06. The van der Waals surface area contributed by atoms with E-state index in [2.05, 4.69) is 4.98 Å². The molecule has 0 N–H and O–H groups in total. The second-order valence-corrected chi connectivity index (χ2v) is 9.64. The summed E-state index contributed by atoms with van der Waals surface area (Å²) in [4.78, 5) is 5.59. The summed E-state index contributed by atoms with van der Waals surface area (Å²) in [6, 6.07) is 15.3. The van der Waals surface area contributed by atoms with E-state index in [4.69, 9.17) is 4.74 Å². The quantitative estimate of drug-likeness (QED) is 0.669. The zero-order chi connectivity index (χ0) is 18.1. The molecule has 0 amide bonds. The van der Waals surface area contributed by atoms with Crippen LogP contribution in [-0.4, -0.2) is 36.9 Å². The molecule has 0 aliphatic carbocycles. The van der Waals surface area contributed by atoms with Crippen molar-refractivity contribution in [2.75, 3.05) is 13.1 Å². The molecular formula is C19H20N2O3S2. The maximum absolute atomic E-state index is 12.8. The monoisotopic (exact) mass is 388 g/mol. The van der Waals surface area contributed by atoms with Crippen LogP contribution in [0.5, 0.6) is 5.88 Å². The molecule has 1 aliphatic rings. The van der Waals surface area contributed by atoms with Crippen LogP contribution in [-0.2, 0) is 16.4 Å². The van der Waals surface area contributed by atoms with E-state index in [0.717, 1.165) is 22.2 Å². The number of pyridine rings is 1. The summed E-state index contributed by atoms with van der Waals surface area (Å²) >= 11 is 1.35. The Labute approximate surface area is 157 Å². The number of thiophene rings is 1. The van der Waals surface area contributed by atoms with Gasteiger partial charge in [-0.1, -0.05) is 25.1 Å². The molecule has 1 fully saturated rings. The molecular weight excluding hydrogens is 368 g/mol. The molecule has 7 heteroatoms. The van der Waals surface area contributed by atoms with Gasteiger partial charge in [0.15, 0.2) is 0 Å². The molecule has 1 atom stereocenters. The third-order valence-electron chi connectivity index (χ3n) is 4.55. The largest absolute Gasteiger partial charge is 0.473 e. The molecule has 0 spiro atoms. The highest BCUT2D eigenvalue weighted by molar-refractivity contribution is 7.91. The average molecular weight is 389 g/mol. The van der Waals surface area contributed by atoms with Gasteiger partial charge in [0.1, 0.15) is 10.3 Å². The van der Waals surface area contributed by atoms with Crippen molar-refractivity contribution in [1.29, 1.82) is 0 Å². The highest BCUT2D eigenvalue weighted by Crippen LogP contribution is 2.29. The first-order valence-electron chi connectivity index (χ1n) is 8.67. The second kappa shape index (κ2) is 6.98. The first-order chi connectivity index (χ1) is 12.6. The van der Waals surface area contributed by atoms with E-state index in [1.165, 1.54) is 15.6 Å². The Hall–Kier alpha value is -1.96. The average Bonchev–Trinajstić information content (AvgIpc) is 3.31. The van der Waals surface area contributed by atoms with E-state index in [1.54, 1.807) is 6.07 Å². The fourth-order valence-electron chi connectivity index (χ4n) is 3.11. The molecule has 2 aromatic heterocycles. The first kappa shape index (κ1) is 17.5. The molecule has 136 valence electrons. The summed E-state index contributed by atoms with van der Waals surface area (Å²) in [7, 11) is -3.44. The van der Waals surface area contributed by atoms with E-state index < -0.39 is 10.0 Å². The van der Waals surface area contributed by atoms with Crippen LogP contribution in [0, 0.1) is 0 Å². The molecule has 4 rings (SSSR count). The van der Waals surface area contributed by atoms with Crippen LogP contribution >= 0.6 is 11.3 Å². The predicted molar refractivity (Wildman–Crippen MR) is 103 cm³/mol. The normalized spacial score (nSPS) is 18.4. The smallest absolute Gasteiger partial charge is 0.252 e. The predicted octanol–water partition coefficient (Wildman–Crippen LogP) is 3.70. The van der Waals surface area contributed by atoms with Gasteiger partial charge in [-0.05, 0) is 37.1 Å². The molecule has 26 heavy (non-hydrogen) atoms. The molecule has 1 aliphatic heterocycles. The molecule has 3 aromatic rings. The fraction of sp³-hybridized carbons (Fsp3) is 0.316. The highest BCUT2D eigenvalue weighted by atomic mass is 32.2. The minimum atomic E-state index is -3.44. The van der Waals surface area contributed by atoms with Crippen molar-refractivity contribution in [3.05, 3.63) is 53.4 Å². The number of benzene rings is 1. The number of aryl methyl sites for hydroxylation is 1. The summed E-state index contributed by atoms with van der Waals surface area (Å²) < 4.78 is 33.5. The van der Waals surface area contributed by atoms with Crippen LogP contribution in [0.2, 0.25) is 0 Å². The minimum absolute atomic E-state index is 0.177. The lowest BCUT2D eigenvalue weighted by Crippen LogP contribution is -2.30. The van der Waals surface area contributed by atoms with Crippen molar-refractivity contribution in [2.45, 2.75) is 30.1 Å². The first-order valence-corrected chi connectivity index (χ1v) is 10.9. The Morgan fingerprint density at radius 1 is 1.19 bits per heavy atom. The lowest BCUT2D eigenvalue weighted by atomic mass is 10.2. The Morgan fingerprint density at radius 2 is 2.04 bits per heavy atom. The Kier molecular flexibility index (Phi) is 4.69. The number of nitrogens with zero attached hydrogens (tertiary/aromatic N) is 2. The maximum Gasteiger partial charge on any atom is 0.252 e.